The van der Waals surface area contributed by atoms with Crippen molar-refractivity contribution in [2.45, 2.75) is 32.8 Å². The zero-order valence-electron chi connectivity index (χ0n) is 11.8. The number of benzene rings is 1. The summed E-state index contributed by atoms with van der Waals surface area (Å²) in [6.07, 6.45) is 0.467. The molecule has 1 amide bonds. The Hall–Kier alpha value is -1.55. The molecule has 0 saturated heterocycles. The van der Waals surface area contributed by atoms with Crippen molar-refractivity contribution in [2.24, 2.45) is 5.92 Å². The van der Waals surface area contributed by atoms with Crippen molar-refractivity contribution in [3.05, 3.63) is 29.8 Å². The van der Waals surface area contributed by atoms with Crippen LogP contribution < -0.4 is 10.1 Å². The molecule has 0 bridgehead atoms. The monoisotopic (exact) mass is 265 g/mol. The van der Waals surface area contributed by atoms with Gasteiger partial charge in [-0.3, -0.25) is 4.79 Å². The van der Waals surface area contributed by atoms with Gasteiger partial charge in [-0.25, -0.2) is 0 Å². The molecule has 4 heteroatoms. The number of hydrogen-bond donors (Lipinski definition) is 2. The summed E-state index contributed by atoms with van der Waals surface area (Å²) in [6.45, 7) is 4.38. The number of aliphatic hydroxyl groups is 1. The maximum absolute atomic E-state index is 11.8. The molecule has 0 saturated carbocycles. The Balaban J connectivity index is 2.43. The lowest BCUT2D eigenvalue weighted by molar-refractivity contribution is -0.121. The van der Waals surface area contributed by atoms with Gasteiger partial charge >= 0.3 is 0 Å². The first-order chi connectivity index (χ1) is 9.02. The van der Waals surface area contributed by atoms with E-state index in [2.05, 4.69) is 5.32 Å². The molecule has 1 unspecified atom stereocenters. The number of rotatable bonds is 7. The van der Waals surface area contributed by atoms with E-state index in [4.69, 9.17) is 4.74 Å². The normalized spacial score (nSPS) is 12.3. The van der Waals surface area contributed by atoms with E-state index in [1.807, 2.05) is 38.1 Å². The van der Waals surface area contributed by atoms with Crippen LogP contribution >= 0.6 is 0 Å². The number of ether oxygens (including phenoxy) is 1. The Kier molecular flexibility index (Phi) is 6.36. The van der Waals surface area contributed by atoms with Gasteiger partial charge < -0.3 is 15.2 Å². The summed E-state index contributed by atoms with van der Waals surface area (Å²) in [5, 5.41) is 12.4. The summed E-state index contributed by atoms with van der Waals surface area (Å²) in [6, 6.07) is 7.44. The summed E-state index contributed by atoms with van der Waals surface area (Å²) < 4.78 is 5.20. The van der Waals surface area contributed by atoms with Crippen molar-refractivity contribution in [1.29, 1.82) is 0 Å². The highest BCUT2D eigenvalue weighted by Crippen LogP contribution is 2.17. The van der Waals surface area contributed by atoms with Crippen LogP contribution in [0.4, 0.5) is 0 Å². The number of methoxy groups -OCH3 is 1. The molecule has 0 aliphatic rings. The molecule has 1 aromatic rings. The molecule has 0 heterocycles. The smallest absolute Gasteiger partial charge is 0.224 e. The molecule has 0 spiro atoms. The van der Waals surface area contributed by atoms with Crippen LogP contribution in [0.5, 0.6) is 5.75 Å². The molecule has 0 aromatic heterocycles. The zero-order chi connectivity index (χ0) is 14.3. The number of nitrogens with one attached hydrogen (secondary N) is 1. The Bertz CT molecular complexity index is 404. The van der Waals surface area contributed by atoms with Crippen molar-refractivity contribution in [3.63, 3.8) is 0 Å². The van der Waals surface area contributed by atoms with Crippen LogP contribution in [0.1, 0.15) is 25.8 Å². The number of amides is 1. The highest BCUT2D eigenvalue weighted by molar-refractivity contribution is 5.79. The average molecular weight is 265 g/mol. The van der Waals surface area contributed by atoms with Gasteiger partial charge in [0.1, 0.15) is 5.75 Å². The number of para-hydroxylation sites is 1. The predicted molar refractivity (Wildman–Crippen MR) is 75.2 cm³/mol. The maximum atomic E-state index is 11.8. The van der Waals surface area contributed by atoms with Crippen LogP contribution in [0.15, 0.2) is 24.3 Å². The highest BCUT2D eigenvalue weighted by atomic mass is 16.5. The minimum absolute atomic E-state index is 0.104. The summed E-state index contributed by atoms with van der Waals surface area (Å²) in [4.78, 5) is 11.8. The molecule has 4 nitrogen and oxygen atoms in total. The third-order valence-electron chi connectivity index (χ3n) is 2.82. The van der Waals surface area contributed by atoms with Crippen molar-refractivity contribution in [2.75, 3.05) is 13.7 Å². The minimum atomic E-state index is -0.485. The summed E-state index contributed by atoms with van der Waals surface area (Å²) in [5.74, 6) is 1.02. The number of carbonyl (C=O) groups excluding carboxylic acids is 1. The molecule has 1 aromatic carbocycles. The fourth-order valence-corrected chi connectivity index (χ4v) is 1.94. The fraction of sp³-hybridized carbons (Fsp3) is 0.533. The van der Waals surface area contributed by atoms with E-state index in [9.17, 15) is 9.90 Å². The van der Waals surface area contributed by atoms with Gasteiger partial charge in [0.2, 0.25) is 5.91 Å². The van der Waals surface area contributed by atoms with Gasteiger partial charge in [-0.05, 0) is 18.4 Å². The molecule has 0 fully saturated rings. The van der Waals surface area contributed by atoms with Gasteiger partial charge in [-0.1, -0.05) is 32.0 Å². The lowest BCUT2D eigenvalue weighted by Gasteiger charge is -2.14. The van der Waals surface area contributed by atoms with E-state index in [0.717, 1.165) is 5.56 Å². The standard InChI is InChI=1S/C15H23NO3/c1-11(2)8-13(17)10-16-15(18)9-12-6-4-5-7-14(12)19-3/h4-7,11,13,17H,8-10H2,1-3H3,(H,16,18). The van der Waals surface area contributed by atoms with Gasteiger partial charge in [0.25, 0.3) is 0 Å². The molecule has 0 aliphatic heterocycles. The largest absolute Gasteiger partial charge is 0.496 e. The van der Waals surface area contributed by atoms with Gasteiger partial charge in [-0.2, -0.15) is 0 Å². The fourth-order valence-electron chi connectivity index (χ4n) is 1.94. The van der Waals surface area contributed by atoms with Crippen molar-refractivity contribution < 1.29 is 14.6 Å². The van der Waals surface area contributed by atoms with Gasteiger partial charge in [-0.15, -0.1) is 0 Å². The van der Waals surface area contributed by atoms with E-state index in [1.165, 1.54) is 0 Å². The van der Waals surface area contributed by atoms with E-state index < -0.39 is 6.10 Å². The quantitative estimate of drug-likeness (QED) is 0.790. The average Bonchev–Trinajstić information content (AvgIpc) is 2.36. The third-order valence-corrected chi connectivity index (χ3v) is 2.82. The number of hydrogen-bond acceptors (Lipinski definition) is 3. The van der Waals surface area contributed by atoms with Gasteiger partial charge in [0.15, 0.2) is 0 Å². The number of aliphatic hydroxyl groups excluding tert-OH is 1. The van der Waals surface area contributed by atoms with Crippen LogP contribution in [-0.2, 0) is 11.2 Å². The van der Waals surface area contributed by atoms with Crippen LogP contribution in [0.25, 0.3) is 0 Å². The Morgan fingerprint density at radius 2 is 2.05 bits per heavy atom. The molecule has 2 N–H and O–H groups in total. The first-order valence-electron chi connectivity index (χ1n) is 6.59. The van der Waals surface area contributed by atoms with Crippen molar-refractivity contribution in [1.82, 2.24) is 5.32 Å². The molecule has 106 valence electrons. The molecule has 1 atom stereocenters. The highest BCUT2D eigenvalue weighted by Gasteiger charge is 2.11. The van der Waals surface area contributed by atoms with Crippen LogP contribution in [0.3, 0.4) is 0 Å². The molecule has 19 heavy (non-hydrogen) atoms. The second kappa shape index (κ2) is 7.79. The maximum Gasteiger partial charge on any atom is 0.224 e. The Labute approximate surface area is 114 Å². The zero-order valence-corrected chi connectivity index (χ0v) is 11.8. The molecule has 0 radical (unpaired) electrons. The lowest BCUT2D eigenvalue weighted by atomic mass is 10.1. The first-order valence-corrected chi connectivity index (χ1v) is 6.59. The van der Waals surface area contributed by atoms with Gasteiger partial charge in [0.05, 0.1) is 19.6 Å². The summed E-state index contributed by atoms with van der Waals surface area (Å²) >= 11 is 0. The second-order valence-electron chi connectivity index (χ2n) is 5.08. The lowest BCUT2D eigenvalue weighted by Crippen LogP contribution is -2.33. The van der Waals surface area contributed by atoms with Crippen LogP contribution in [0.2, 0.25) is 0 Å². The predicted octanol–water partition coefficient (Wildman–Crippen LogP) is 1.76. The van der Waals surface area contributed by atoms with E-state index in [0.29, 0.717) is 24.6 Å². The SMILES string of the molecule is COc1ccccc1CC(=O)NCC(O)CC(C)C. The first kappa shape index (κ1) is 15.5. The molecular weight excluding hydrogens is 242 g/mol. The van der Waals surface area contributed by atoms with E-state index >= 15 is 0 Å². The third kappa shape index (κ3) is 5.75. The second-order valence-corrected chi connectivity index (χ2v) is 5.08. The van der Waals surface area contributed by atoms with Crippen molar-refractivity contribution >= 4 is 5.91 Å². The summed E-state index contributed by atoms with van der Waals surface area (Å²) in [7, 11) is 1.59. The minimum Gasteiger partial charge on any atom is -0.496 e. The molecule has 1 rings (SSSR count). The summed E-state index contributed by atoms with van der Waals surface area (Å²) in [5.41, 5.74) is 0.848. The van der Waals surface area contributed by atoms with E-state index in [-0.39, 0.29) is 12.3 Å². The Morgan fingerprint density at radius 1 is 1.37 bits per heavy atom. The number of carbonyl (C=O) groups is 1. The van der Waals surface area contributed by atoms with Crippen molar-refractivity contribution in [3.8, 4) is 5.75 Å². The van der Waals surface area contributed by atoms with E-state index in [1.54, 1.807) is 7.11 Å². The van der Waals surface area contributed by atoms with Crippen LogP contribution in [0, 0.1) is 5.92 Å². The Morgan fingerprint density at radius 3 is 2.68 bits per heavy atom. The topological polar surface area (TPSA) is 58.6 Å². The van der Waals surface area contributed by atoms with Gasteiger partial charge in [0, 0.05) is 12.1 Å². The molecular formula is C15H23NO3. The molecule has 0 aliphatic carbocycles. The van der Waals surface area contributed by atoms with Crippen LogP contribution in [-0.4, -0.2) is 30.8 Å².